The summed E-state index contributed by atoms with van der Waals surface area (Å²) in [6, 6.07) is 0. The highest BCUT2D eigenvalue weighted by molar-refractivity contribution is 7.79. The molecule has 5 heteroatoms. The Labute approximate surface area is 62.2 Å². The number of nitrogens with one attached hydrogen (secondary N) is 1. The van der Waals surface area contributed by atoms with E-state index >= 15 is 0 Å². The van der Waals surface area contributed by atoms with Crippen molar-refractivity contribution in [2.75, 3.05) is 26.0 Å². The SMILES string of the molecule is COC1(CS(=O)[O-])CNC1. The second-order valence-electron chi connectivity index (χ2n) is 2.44. The number of ether oxygens (including phenoxy) is 1. The highest BCUT2D eigenvalue weighted by Crippen LogP contribution is 2.15. The molecule has 4 nitrogen and oxygen atoms in total. The van der Waals surface area contributed by atoms with Gasteiger partial charge in [-0.2, -0.15) is 0 Å². The van der Waals surface area contributed by atoms with E-state index in [1.54, 1.807) is 0 Å². The average molecular weight is 164 g/mol. The van der Waals surface area contributed by atoms with Gasteiger partial charge in [-0.15, -0.1) is 0 Å². The van der Waals surface area contributed by atoms with Crippen molar-refractivity contribution in [1.29, 1.82) is 0 Å². The van der Waals surface area contributed by atoms with Crippen molar-refractivity contribution < 1.29 is 13.5 Å². The van der Waals surface area contributed by atoms with Crippen LogP contribution in [-0.2, 0) is 15.8 Å². The van der Waals surface area contributed by atoms with Gasteiger partial charge in [0.15, 0.2) is 0 Å². The lowest BCUT2D eigenvalue weighted by Crippen LogP contribution is -2.63. The van der Waals surface area contributed by atoms with Gasteiger partial charge >= 0.3 is 0 Å². The van der Waals surface area contributed by atoms with Crippen LogP contribution in [0.3, 0.4) is 0 Å². The summed E-state index contributed by atoms with van der Waals surface area (Å²) < 4.78 is 25.5. The van der Waals surface area contributed by atoms with E-state index in [1.807, 2.05) is 0 Å². The van der Waals surface area contributed by atoms with E-state index in [-0.39, 0.29) is 5.75 Å². The molecule has 0 aromatic rings. The second-order valence-corrected chi connectivity index (χ2v) is 3.33. The van der Waals surface area contributed by atoms with Crippen LogP contribution in [0.15, 0.2) is 0 Å². The molecule has 1 rings (SSSR count). The summed E-state index contributed by atoms with van der Waals surface area (Å²) in [5, 5.41) is 2.96. The number of methoxy groups -OCH3 is 1. The van der Waals surface area contributed by atoms with Crippen molar-refractivity contribution in [3.63, 3.8) is 0 Å². The molecule has 10 heavy (non-hydrogen) atoms. The molecule has 1 aliphatic rings. The zero-order valence-electron chi connectivity index (χ0n) is 5.75. The molecule has 0 saturated carbocycles. The largest absolute Gasteiger partial charge is 0.772 e. The molecule has 0 radical (unpaired) electrons. The van der Waals surface area contributed by atoms with Gasteiger partial charge in [-0.3, -0.25) is 4.21 Å². The maximum absolute atomic E-state index is 10.3. The molecule has 1 unspecified atom stereocenters. The van der Waals surface area contributed by atoms with Gasteiger partial charge < -0.3 is 14.6 Å². The molecule has 1 atom stereocenters. The van der Waals surface area contributed by atoms with E-state index in [0.29, 0.717) is 13.1 Å². The third kappa shape index (κ3) is 1.54. The fraction of sp³-hybridized carbons (Fsp3) is 1.00. The van der Waals surface area contributed by atoms with Crippen molar-refractivity contribution >= 4 is 11.1 Å². The molecule has 0 aliphatic carbocycles. The second kappa shape index (κ2) is 2.96. The minimum Gasteiger partial charge on any atom is -0.772 e. The van der Waals surface area contributed by atoms with Gasteiger partial charge in [0, 0.05) is 26.0 Å². The van der Waals surface area contributed by atoms with Crippen LogP contribution in [0.1, 0.15) is 0 Å². The lowest BCUT2D eigenvalue weighted by atomic mass is 10.0. The molecule has 0 aromatic carbocycles. The summed E-state index contributed by atoms with van der Waals surface area (Å²) in [7, 11) is 1.54. The van der Waals surface area contributed by atoms with E-state index in [1.165, 1.54) is 7.11 Å². The monoisotopic (exact) mass is 164 g/mol. The fourth-order valence-corrected chi connectivity index (χ4v) is 1.68. The Morgan fingerprint density at radius 1 is 1.80 bits per heavy atom. The van der Waals surface area contributed by atoms with Crippen LogP contribution in [-0.4, -0.2) is 40.3 Å². The summed E-state index contributed by atoms with van der Waals surface area (Å²) in [5.74, 6) is 0.0938. The quantitative estimate of drug-likeness (QED) is 0.535. The first-order valence-corrected chi connectivity index (χ1v) is 4.25. The normalized spacial score (nSPS) is 25.4. The third-order valence-electron chi connectivity index (χ3n) is 1.71. The third-order valence-corrected chi connectivity index (χ3v) is 2.47. The number of hydrogen-bond donors (Lipinski definition) is 1. The average Bonchev–Trinajstić information content (AvgIpc) is 1.78. The Bertz CT molecular complexity index is 140. The van der Waals surface area contributed by atoms with E-state index in [0.717, 1.165) is 0 Å². The van der Waals surface area contributed by atoms with Gasteiger partial charge in [0.2, 0.25) is 0 Å². The summed E-state index contributed by atoms with van der Waals surface area (Å²) in [6.45, 7) is 1.27. The topological polar surface area (TPSA) is 61.4 Å². The minimum atomic E-state index is -2.00. The summed E-state index contributed by atoms with van der Waals surface area (Å²) in [5.41, 5.74) is -0.438. The number of rotatable bonds is 3. The van der Waals surface area contributed by atoms with Crippen molar-refractivity contribution in [3.8, 4) is 0 Å². The maximum Gasteiger partial charge on any atom is 0.103 e. The molecule has 0 spiro atoms. The first-order valence-electron chi connectivity index (χ1n) is 3.00. The fourth-order valence-electron chi connectivity index (χ4n) is 0.924. The highest BCUT2D eigenvalue weighted by Gasteiger charge is 2.36. The zero-order valence-corrected chi connectivity index (χ0v) is 6.57. The molecule has 1 saturated heterocycles. The molecule has 0 amide bonds. The van der Waals surface area contributed by atoms with Crippen LogP contribution in [0.4, 0.5) is 0 Å². The van der Waals surface area contributed by atoms with Crippen LogP contribution in [0.2, 0.25) is 0 Å². The Kier molecular flexibility index (Phi) is 2.40. The van der Waals surface area contributed by atoms with Crippen molar-refractivity contribution in [1.82, 2.24) is 5.32 Å². The van der Waals surface area contributed by atoms with Gasteiger partial charge in [0.25, 0.3) is 0 Å². The predicted octanol–water partition coefficient (Wildman–Crippen LogP) is -1.15. The van der Waals surface area contributed by atoms with Crippen molar-refractivity contribution in [2.24, 2.45) is 0 Å². The van der Waals surface area contributed by atoms with E-state index in [4.69, 9.17) is 4.74 Å². The maximum atomic E-state index is 10.3. The molecular weight excluding hydrogens is 154 g/mol. The Morgan fingerprint density at radius 2 is 2.40 bits per heavy atom. The first-order chi connectivity index (χ1) is 4.68. The van der Waals surface area contributed by atoms with Crippen molar-refractivity contribution in [3.05, 3.63) is 0 Å². The van der Waals surface area contributed by atoms with E-state index in [2.05, 4.69) is 5.32 Å². The van der Waals surface area contributed by atoms with E-state index < -0.39 is 16.7 Å². The number of hydrogen-bond acceptors (Lipinski definition) is 4. The van der Waals surface area contributed by atoms with Gasteiger partial charge in [-0.1, -0.05) is 11.1 Å². The molecule has 1 fully saturated rings. The smallest absolute Gasteiger partial charge is 0.103 e. The highest BCUT2D eigenvalue weighted by atomic mass is 32.2. The van der Waals surface area contributed by atoms with Gasteiger partial charge in [0.1, 0.15) is 5.60 Å². The van der Waals surface area contributed by atoms with E-state index in [9.17, 15) is 8.76 Å². The molecule has 0 aromatic heterocycles. The van der Waals surface area contributed by atoms with Gasteiger partial charge in [-0.25, -0.2) is 0 Å². The standard InChI is InChI=1S/C5H11NO3S/c1-9-5(2-6-3-5)4-10(7)8/h6H,2-4H2,1H3,(H,7,8)/p-1. The Balaban J connectivity index is 2.40. The molecule has 1 aliphatic heterocycles. The molecule has 1 heterocycles. The molecule has 1 N–H and O–H groups in total. The van der Waals surface area contributed by atoms with Gasteiger partial charge in [-0.05, 0) is 0 Å². The van der Waals surface area contributed by atoms with Crippen LogP contribution >= 0.6 is 0 Å². The predicted molar refractivity (Wildman–Crippen MR) is 36.4 cm³/mol. The molecular formula is C5H10NO3S-. The van der Waals surface area contributed by atoms with Gasteiger partial charge in [0.05, 0.1) is 0 Å². The summed E-state index contributed by atoms with van der Waals surface area (Å²) in [4.78, 5) is 0. The zero-order chi connectivity index (χ0) is 7.61. The lowest BCUT2D eigenvalue weighted by molar-refractivity contribution is -0.0321. The van der Waals surface area contributed by atoms with Crippen LogP contribution in [0.5, 0.6) is 0 Å². The van der Waals surface area contributed by atoms with Crippen LogP contribution in [0, 0.1) is 0 Å². The summed E-state index contributed by atoms with van der Waals surface area (Å²) >= 11 is -2.00. The minimum absolute atomic E-state index is 0.0938. The lowest BCUT2D eigenvalue weighted by Gasteiger charge is -2.41. The Morgan fingerprint density at radius 3 is 2.50 bits per heavy atom. The van der Waals surface area contributed by atoms with Crippen LogP contribution in [0.25, 0.3) is 0 Å². The first kappa shape index (κ1) is 8.13. The molecule has 0 bridgehead atoms. The van der Waals surface area contributed by atoms with Crippen molar-refractivity contribution in [2.45, 2.75) is 5.60 Å². The Hall–Kier alpha value is 0.0300. The molecule has 60 valence electrons. The summed E-state index contributed by atoms with van der Waals surface area (Å²) in [6.07, 6.45) is 0. The van der Waals surface area contributed by atoms with Crippen LogP contribution < -0.4 is 5.32 Å².